The number of nitrogens with two attached hydrogens (primary N) is 1. The largest absolute Gasteiger partial charge is 0.489 e. The number of carbonyl (C=O) groups excluding carboxylic acids is 1. The number of nitrogens with zero attached hydrogens (tertiary/aromatic N) is 6. The van der Waals surface area contributed by atoms with Crippen molar-refractivity contribution in [2.45, 2.75) is 105 Å². The van der Waals surface area contributed by atoms with E-state index < -0.39 is 38.5 Å². The zero-order valence-electron chi connectivity index (χ0n) is 43.7. The molecule has 4 atom stereocenters. The highest BCUT2D eigenvalue weighted by Crippen LogP contribution is 2.56. The van der Waals surface area contributed by atoms with Crippen molar-refractivity contribution in [2.75, 3.05) is 101 Å². The number of sulfone groups is 1. The minimum atomic E-state index is -4.78. The topological polar surface area (TPSA) is 220 Å². The molecule has 20 heteroatoms. The van der Waals surface area contributed by atoms with Crippen LogP contribution >= 0.6 is 0 Å². The van der Waals surface area contributed by atoms with Crippen LogP contribution in [0.25, 0.3) is 11.0 Å². The van der Waals surface area contributed by atoms with Crippen LogP contribution in [0, 0.1) is 34.3 Å². The molecule has 6 fully saturated rings. The number of hydrogen-bond donors (Lipinski definition) is 3. The number of ether oxygens (including phenoxy) is 5. The molecule has 5 saturated heterocycles. The van der Waals surface area contributed by atoms with Gasteiger partial charge in [0.05, 0.1) is 45.4 Å². The van der Waals surface area contributed by atoms with Gasteiger partial charge in [0.25, 0.3) is 11.6 Å². The molecule has 408 valence electrons. The highest BCUT2D eigenvalue weighted by Gasteiger charge is 2.51. The van der Waals surface area contributed by atoms with Crippen molar-refractivity contribution in [1.82, 2.24) is 19.8 Å². The van der Waals surface area contributed by atoms with Gasteiger partial charge in [-0.1, -0.05) is 24.3 Å². The third kappa shape index (κ3) is 9.25. The minimum absolute atomic E-state index is 0.0179. The number of anilines is 4. The van der Waals surface area contributed by atoms with Gasteiger partial charge >= 0.3 is 0 Å². The predicted octanol–water partition coefficient (Wildman–Crippen LogP) is 7.53. The maximum absolute atomic E-state index is 16.3. The van der Waals surface area contributed by atoms with Gasteiger partial charge in [-0.3, -0.25) is 24.7 Å². The average molecular weight is 1070 g/mol. The number of carbonyl (C=O) groups is 1. The smallest absolute Gasteiger partial charge is 0.297 e. The fraction of sp³-hybridized carbons (Fsp3) is 0.544. The van der Waals surface area contributed by atoms with Crippen LogP contribution in [0.1, 0.15) is 85.3 Å². The molecule has 0 unspecified atom stereocenters. The van der Waals surface area contributed by atoms with Gasteiger partial charge in [0.2, 0.25) is 15.7 Å². The predicted molar refractivity (Wildman–Crippen MR) is 289 cm³/mol. The number of amides is 1. The Labute approximate surface area is 448 Å². The highest BCUT2D eigenvalue weighted by atomic mass is 32.2. The Kier molecular flexibility index (Phi) is 13.3. The third-order valence-electron chi connectivity index (χ3n) is 18.5. The lowest BCUT2D eigenvalue weighted by molar-refractivity contribution is -0.384. The molecule has 1 spiro atoms. The second-order valence-electron chi connectivity index (χ2n) is 22.9. The summed E-state index contributed by atoms with van der Waals surface area (Å²) in [6.07, 6.45) is 9.17. The first-order chi connectivity index (χ1) is 37.4. The van der Waals surface area contributed by atoms with Gasteiger partial charge in [0, 0.05) is 108 Å². The molecule has 13 rings (SSSR count). The van der Waals surface area contributed by atoms with E-state index in [2.05, 4.69) is 56.2 Å². The molecule has 1 amide bonds. The lowest BCUT2D eigenvalue weighted by atomic mass is 9.59. The Morgan fingerprint density at radius 2 is 1.66 bits per heavy atom. The number of aromatic amines is 1. The van der Waals surface area contributed by atoms with Crippen molar-refractivity contribution < 1.29 is 41.8 Å². The molecule has 1 aliphatic carbocycles. The molecule has 2 aromatic heterocycles. The Morgan fingerprint density at radius 3 is 2.43 bits per heavy atom. The van der Waals surface area contributed by atoms with Crippen LogP contribution in [0.2, 0.25) is 0 Å². The molecule has 1 saturated carbocycles. The summed E-state index contributed by atoms with van der Waals surface area (Å²) in [5, 5.41) is 17.2. The van der Waals surface area contributed by atoms with Crippen LogP contribution in [-0.2, 0) is 24.0 Å². The lowest BCUT2D eigenvalue weighted by Gasteiger charge is -2.58. The van der Waals surface area contributed by atoms with Gasteiger partial charge in [-0.15, -0.1) is 0 Å². The molecule has 7 aliphatic heterocycles. The summed E-state index contributed by atoms with van der Waals surface area (Å²) in [5.41, 5.74) is 10.3. The number of nitrogens with one attached hydrogen (secondary N) is 2. The number of fused-ring (bicyclic) bond motifs is 4. The van der Waals surface area contributed by atoms with E-state index >= 15 is 8.42 Å². The molecule has 5 aromatic rings. The number of nitro groups is 1. The summed E-state index contributed by atoms with van der Waals surface area (Å²) in [6.45, 7) is 11.1. The van der Waals surface area contributed by atoms with Crippen molar-refractivity contribution in [3.8, 4) is 11.6 Å². The van der Waals surface area contributed by atoms with Crippen molar-refractivity contribution in [2.24, 2.45) is 23.0 Å². The molecule has 0 bridgehead atoms. The number of benzene rings is 3. The van der Waals surface area contributed by atoms with Crippen molar-refractivity contribution in [1.29, 1.82) is 0 Å². The monoisotopic (exact) mass is 1070 g/mol. The fourth-order valence-corrected chi connectivity index (χ4v) is 16.0. The molecular formula is C57H69N9O10S. The first kappa shape index (κ1) is 50.5. The first-order valence-electron chi connectivity index (χ1n) is 27.8. The summed E-state index contributed by atoms with van der Waals surface area (Å²) in [6, 6.07) is 18.4. The number of aromatic nitrogens is 2. The van der Waals surface area contributed by atoms with Gasteiger partial charge in [-0.05, 0) is 117 Å². The van der Waals surface area contributed by atoms with E-state index in [1.807, 2.05) is 17.0 Å². The van der Waals surface area contributed by atoms with Gasteiger partial charge in [-0.25, -0.2) is 8.42 Å². The van der Waals surface area contributed by atoms with Crippen LogP contribution in [0.15, 0.2) is 76.7 Å². The first-order valence-corrected chi connectivity index (χ1v) is 29.3. The van der Waals surface area contributed by atoms with Gasteiger partial charge in [0.1, 0.15) is 28.9 Å². The van der Waals surface area contributed by atoms with E-state index in [0.717, 1.165) is 102 Å². The zero-order chi connectivity index (χ0) is 52.6. The Morgan fingerprint density at radius 1 is 0.896 bits per heavy atom. The maximum atomic E-state index is 16.3. The molecule has 3 aromatic carbocycles. The van der Waals surface area contributed by atoms with Crippen LogP contribution in [0.3, 0.4) is 0 Å². The van der Waals surface area contributed by atoms with Gasteiger partial charge in [0.15, 0.2) is 11.4 Å². The van der Waals surface area contributed by atoms with E-state index in [1.54, 1.807) is 18.3 Å². The summed E-state index contributed by atoms with van der Waals surface area (Å²) in [7, 11) is -4.78. The number of aryl methyl sites for hydroxylation is 1. The van der Waals surface area contributed by atoms with Crippen LogP contribution in [0.4, 0.5) is 28.4 Å². The second kappa shape index (κ2) is 20.3. The summed E-state index contributed by atoms with van der Waals surface area (Å²) < 4.78 is 62.6. The fourth-order valence-electron chi connectivity index (χ4n) is 14.3. The standard InChI is InChI=1S/C57H69N9O10S/c1-35-4-2-3-5-41(35)48-32-62(31-36-9-21-72-22-10-36)19-20-64(48)39-29-57(30-39)14-17-63(18-15-57)45-7-6-42(54(58)67)52(65-44-13-25-74-34-50(44)76-56-47(65)26-38-8-16-59-55(38)61-56)53(45)77(70,71)40-27-46(66(68)69)51-49(28-40)75-33-43(60-51)37-11-23-73-24-12-37/h2-8,16,26-28,36-37,39,43-44,48,50,60H,9-15,17-25,29-34H2,1H3,(H2,58,67)(H,59,61)/t43-,44-,48-,50-/m0/s1. The Balaban J connectivity index is 0.865. The minimum Gasteiger partial charge on any atom is -0.489 e. The molecule has 0 radical (unpaired) electrons. The van der Waals surface area contributed by atoms with E-state index in [4.69, 9.17) is 34.4 Å². The average Bonchev–Trinajstić information content (AvgIpc) is 3.94. The lowest BCUT2D eigenvalue weighted by Crippen LogP contribution is -2.60. The molecule has 4 N–H and O–H groups in total. The molecule has 19 nitrogen and oxygen atoms in total. The van der Waals surface area contributed by atoms with Crippen molar-refractivity contribution in [3.63, 3.8) is 0 Å². The number of pyridine rings is 1. The van der Waals surface area contributed by atoms with E-state index in [0.29, 0.717) is 74.4 Å². The number of hydrogen-bond acceptors (Lipinski definition) is 16. The summed E-state index contributed by atoms with van der Waals surface area (Å²) in [4.78, 5) is 43.5. The number of primary amides is 1. The summed E-state index contributed by atoms with van der Waals surface area (Å²) in [5.74, 6) is 0.300. The van der Waals surface area contributed by atoms with Crippen LogP contribution in [-0.4, -0.2) is 149 Å². The number of piperidine rings is 1. The maximum Gasteiger partial charge on any atom is 0.297 e. The van der Waals surface area contributed by atoms with E-state index in [-0.39, 0.29) is 68.9 Å². The van der Waals surface area contributed by atoms with Crippen LogP contribution < -0.4 is 30.3 Å². The Hall–Kier alpha value is -6.03. The van der Waals surface area contributed by atoms with Crippen LogP contribution in [0.5, 0.6) is 11.6 Å². The second-order valence-corrected chi connectivity index (χ2v) is 24.8. The SMILES string of the molecule is Cc1ccccc1[C@@H]1CN(CC2CCOCC2)CCN1C1CC2(CCN(c3ccc(C(N)=O)c(N4c5cc6cc[nH]c6nc5O[C@H]5COCC[C@@H]54)c3S(=O)(=O)c3cc4c(c([N+](=O)[O-])c3)N[C@H](C3CCOCC3)CO4)CC2)C1. The molecule has 8 aliphatic rings. The van der Waals surface area contributed by atoms with Crippen molar-refractivity contribution >= 4 is 55.2 Å². The molecular weight excluding hydrogens is 1000 g/mol. The van der Waals surface area contributed by atoms with E-state index in [9.17, 15) is 14.9 Å². The van der Waals surface area contributed by atoms with Gasteiger partial charge in [-0.2, -0.15) is 4.98 Å². The van der Waals surface area contributed by atoms with E-state index in [1.165, 1.54) is 17.2 Å². The molecule has 9 heterocycles. The highest BCUT2D eigenvalue weighted by molar-refractivity contribution is 7.91. The summed E-state index contributed by atoms with van der Waals surface area (Å²) >= 11 is 0. The van der Waals surface area contributed by atoms with Gasteiger partial charge < -0.3 is 49.5 Å². The molecule has 77 heavy (non-hydrogen) atoms. The number of H-pyrrole nitrogens is 1. The number of rotatable bonds is 11. The quantitative estimate of drug-likeness (QED) is 0.0859. The Bertz CT molecular complexity index is 3180. The number of piperazine rings is 1. The number of nitro benzene ring substituents is 1. The van der Waals surface area contributed by atoms with Crippen molar-refractivity contribution in [3.05, 3.63) is 93.7 Å². The zero-order valence-corrected chi connectivity index (χ0v) is 44.5. The normalized spacial score (nSPS) is 25.5. The third-order valence-corrected chi connectivity index (χ3v) is 20.3.